The predicted molar refractivity (Wildman–Crippen MR) is 43.2 cm³/mol. The summed E-state index contributed by atoms with van der Waals surface area (Å²) in [7, 11) is 1.62. The lowest BCUT2D eigenvalue weighted by Gasteiger charge is -2.06. The van der Waals surface area contributed by atoms with E-state index in [1.807, 2.05) is 0 Å². The fourth-order valence-corrected chi connectivity index (χ4v) is 0.982. The molecule has 1 rings (SSSR count). The Balaban J connectivity index is 2.81. The van der Waals surface area contributed by atoms with Crippen molar-refractivity contribution < 1.29 is 13.2 Å². The highest BCUT2D eigenvalue weighted by molar-refractivity contribution is 5.24. The Morgan fingerprint density at radius 1 is 1.15 bits per heavy atom. The molecule has 1 radical (unpaired) electrons. The van der Waals surface area contributed by atoms with Gasteiger partial charge in [0, 0.05) is 13.6 Å². The Morgan fingerprint density at radius 3 is 2.08 bits per heavy atom. The molecule has 0 spiro atoms. The van der Waals surface area contributed by atoms with E-state index in [-0.39, 0.29) is 0 Å². The quantitative estimate of drug-likeness (QED) is 0.676. The first-order valence-electron chi connectivity index (χ1n) is 3.76. The van der Waals surface area contributed by atoms with Crippen molar-refractivity contribution in [1.82, 2.24) is 5.32 Å². The number of nitrogens with zero attached hydrogens (tertiary/aromatic N) is 1. The van der Waals surface area contributed by atoms with Gasteiger partial charge in [0.2, 0.25) is 0 Å². The summed E-state index contributed by atoms with van der Waals surface area (Å²) in [5.41, 5.74) is 0.169. The SMILES string of the molecule is C[N]Cc1ccc(C(F)(F)F)cc1. The maximum Gasteiger partial charge on any atom is 0.416 e. The lowest BCUT2D eigenvalue weighted by molar-refractivity contribution is -0.137. The molecule has 0 saturated carbocycles. The molecule has 0 heterocycles. The van der Waals surface area contributed by atoms with E-state index in [0.29, 0.717) is 6.54 Å². The molecule has 1 aromatic carbocycles. The molecule has 1 aromatic rings. The van der Waals surface area contributed by atoms with Crippen LogP contribution in [0.25, 0.3) is 0 Å². The van der Waals surface area contributed by atoms with Crippen molar-refractivity contribution >= 4 is 0 Å². The third-order valence-electron chi connectivity index (χ3n) is 1.62. The molecule has 0 amide bonds. The van der Waals surface area contributed by atoms with Gasteiger partial charge in [-0.2, -0.15) is 13.2 Å². The van der Waals surface area contributed by atoms with Crippen LogP contribution in [0.1, 0.15) is 11.1 Å². The zero-order chi connectivity index (χ0) is 9.90. The van der Waals surface area contributed by atoms with E-state index in [0.717, 1.165) is 17.7 Å². The monoisotopic (exact) mass is 188 g/mol. The molecule has 0 aromatic heterocycles. The highest BCUT2D eigenvalue weighted by atomic mass is 19.4. The molecule has 71 valence electrons. The third kappa shape index (κ3) is 2.73. The van der Waals surface area contributed by atoms with E-state index in [1.54, 1.807) is 7.05 Å². The van der Waals surface area contributed by atoms with Crippen molar-refractivity contribution in [1.29, 1.82) is 0 Å². The van der Waals surface area contributed by atoms with Crippen molar-refractivity contribution in [3.8, 4) is 0 Å². The van der Waals surface area contributed by atoms with Gasteiger partial charge < -0.3 is 0 Å². The maximum absolute atomic E-state index is 12.1. The number of rotatable bonds is 2. The number of hydrogen-bond donors (Lipinski definition) is 0. The summed E-state index contributed by atoms with van der Waals surface area (Å²) in [6.07, 6.45) is -4.25. The molecule has 1 nitrogen and oxygen atoms in total. The largest absolute Gasteiger partial charge is 0.416 e. The Morgan fingerprint density at radius 2 is 1.69 bits per heavy atom. The van der Waals surface area contributed by atoms with E-state index < -0.39 is 11.7 Å². The van der Waals surface area contributed by atoms with E-state index >= 15 is 0 Å². The second-order valence-electron chi connectivity index (χ2n) is 2.67. The van der Waals surface area contributed by atoms with Crippen molar-refractivity contribution in [3.63, 3.8) is 0 Å². The molecule has 0 N–H and O–H groups in total. The van der Waals surface area contributed by atoms with Gasteiger partial charge in [-0.15, -0.1) is 0 Å². The first-order valence-corrected chi connectivity index (χ1v) is 3.76. The standard InChI is InChI=1S/C9H9F3N/c1-13-6-7-2-4-8(5-3-7)9(10,11)12/h2-5H,6H2,1H3. The van der Waals surface area contributed by atoms with Crippen LogP contribution in [0.2, 0.25) is 0 Å². The molecule has 0 atom stereocenters. The molecule has 0 bridgehead atoms. The van der Waals surface area contributed by atoms with Crippen molar-refractivity contribution in [2.75, 3.05) is 7.05 Å². The van der Waals surface area contributed by atoms with Gasteiger partial charge in [0.05, 0.1) is 5.56 Å². The zero-order valence-electron chi connectivity index (χ0n) is 7.10. The molecular formula is C9H9F3N. The van der Waals surface area contributed by atoms with E-state index in [9.17, 15) is 13.2 Å². The minimum absolute atomic E-state index is 0.456. The summed E-state index contributed by atoms with van der Waals surface area (Å²) in [4.78, 5) is 0. The van der Waals surface area contributed by atoms with Gasteiger partial charge in [-0.1, -0.05) is 12.1 Å². The minimum Gasteiger partial charge on any atom is -0.240 e. The average Bonchev–Trinajstić information content (AvgIpc) is 2.04. The van der Waals surface area contributed by atoms with Gasteiger partial charge in [0.1, 0.15) is 0 Å². The molecule has 4 heteroatoms. The van der Waals surface area contributed by atoms with E-state index in [1.165, 1.54) is 12.1 Å². The molecule has 0 aliphatic carbocycles. The molecule has 0 unspecified atom stereocenters. The fraction of sp³-hybridized carbons (Fsp3) is 0.333. The molecule has 0 fully saturated rings. The number of alkyl halides is 3. The van der Waals surface area contributed by atoms with Gasteiger partial charge in [0.25, 0.3) is 0 Å². The lowest BCUT2D eigenvalue weighted by Crippen LogP contribution is -2.05. The van der Waals surface area contributed by atoms with Crippen LogP contribution in [0.3, 0.4) is 0 Å². The van der Waals surface area contributed by atoms with Crippen LogP contribution < -0.4 is 5.32 Å². The Hall–Kier alpha value is -1.03. The van der Waals surface area contributed by atoms with Crippen LogP contribution in [0.4, 0.5) is 13.2 Å². The van der Waals surface area contributed by atoms with Crippen molar-refractivity contribution in [2.45, 2.75) is 12.7 Å². The summed E-state index contributed by atoms with van der Waals surface area (Å²) < 4.78 is 36.2. The summed E-state index contributed by atoms with van der Waals surface area (Å²) >= 11 is 0. The van der Waals surface area contributed by atoms with Gasteiger partial charge in [-0.3, -0.25) is 0 Å². The van der Waals surface area contributed by atoms with Gasteiger partial charge in [-0.05, 0) is 17.7 Å². The summed E-state index contributed by atoms with van der Waals surface area (Å²) in [5.74, 6) is 0. The third-order valence-corrected chi connectivity index (χ3v) is 1.62. The van der Waals surface area contributed by atoms with Crippen LogP contribution in [0, 0.1) is 0 Å². The van der Waals surface area contributed by atoms with Crippen molar-refractivity contribution in [2.24, 2.45) is 0 Å². The highest BCUT2D eigenvalue weighted by Crippen LogP contribution is 2.28. The predicted octanol–water partition coefficient (Wildman–Crippen LogP) is 2.44. The molecular weight excluding hydrogens is 179 g/mol. The number of halogens is 3. The topological polar surface area (TPSA) is 14.1 Å². The van der Waals surface area contributed by atoms with Crippen LogP contribution in [0.5, 0.6) is 0 Å². The van der Waals surface area contributed by atoms with E-state index in [4.69, 9.17) is 0 Å². The Bertz CT molecular complexity index is 263. The average molecular weight is 188 g/mol. The van der Waals surface area contributed by atoms with Crippen LogP contribution in [-0.2, 0) is 12.7 Å². The normalized spacial score (nSPS) is 11.7. The second-order valence-corrected chi connectivity index (χ2v) is 2.67. The Labute approximate surface area is 74.6 Å². The summed E-state index contributed by atoms with van der Waals surface area (Å²) in [5, 5.41) is 3.82. The molecule has 0 saturated heterocycles. The van der Waals surface area contributed by atoms with E-state index in [2.05, 4.69) is 5.32 Å². The van der Waals surface area contributed by atoms with Crippen molar-refractivity contribution in [3.05, 3.63) is 35.4 Å². The lowest BCUT2D eigenvalue weighted by atomic mass is 10.1. The van der Waals surface area contributed by atoms with Gasteiger partial charge >= 0.3 is 6.18 Å². The summed E-state index contributed by atoms with van der Waals surface area (Å²) in [6, 6.07) is 5.02. The van der Waals surface area contributed by atoms with Gasteiger partial charge in [0.15, 0.2) is 0 Å². The first-order chi connectivity index (χ1) is 6.04. The second kappa shape index (κ2) is 3.79. The fourth-order valence-electron chi connectivity index (χ4n) is 0.982. The first kappa shape index (κ1) is 10.1. The number of benzene rings is 1. The summed E-state index contributed by atoms with van der Waals surface area (Å²) in [6.45, 7) is 0.456. The van der Waals surface area contributed by atoms with Crippen LogP contribution in [0.15, 0.2) is 24.3 Å². The van der Waals surface area contributed by atoms with Crippen LogP contribution >= 0.6 is 0 Å². The molecule has 0 aliphatic heterocycles. The van der Waals surface area contributed by atoms with Crippen LogP contribution in [-0.4, -0.2) is 7.05 Å². The Kier molecular flexibility index (Phi) is 2.93. The maximum atomic E-state index is 12.1. The zero-order valence-corrected chi connectivity index (χ0v) is 7.10. The smallest absolute Gasteiger partial charge is 0.240 e. The highest BCUT2D eigenvalue weighted by Gasteiger charge is 2.29. The molecule has 13 heavy (non-hydrogen) atoms. The molecule has 0 aliphatic rings. The number of hydrogen-bond acceptors (Lipinski definition) is 0. The van der Waals surface area contributed by atoms with Gasteiger partial charge in [-0.25, -0.2) is 5.32 Å². The minimum atomic E-state index is -4.25.